The van der Waals surface area contributed by atoms with E-state index >= 15 is 0 Å². The monoisotopic (exact) mass is 720 g/mol. The zero-order valence-corrected chi connectivity index (χ0v) is 29.4. The molecule has 0 amide bonds. The van der Waals surface area contributed by atoms with Crippen LogP contribution in [0, 0.1) is 34.0 Å². The zero-order chi connectivity index (χ0) is 36.9. The number of rotatable bonds is 5. The Bertz CT molecular complexity index is 1660. The molecule has 51 heavy (non-hydrogen) atoms. The first-order chi connectivity index (χ1) is 23.9. The number of methoxy groups -OCH3 is 2. The largest absolute Gasteiger partial charge is 0.469 e. The molecule has 280 valence electrons. The predicted octanol–water partition coefficient (Wildman–Crippen LogP) is -0.203. The lowest BCUT2D eigenvalue weighted by molar-refractivity contribution is -0.410. The minimum atomic E-state index is -2.41. The van der Waals surface area contributed by atoms with Crippen molar-refractivity contribution in [2.75, 3.05) is 27.4 Å². The molecule has 16 heteroatoms. The van der Waals surface area contributed by atoms with Crippen LogP contribution < -0.4 is 0 Å². The first kappa shape index (κ1) is 34.9. The third-order valence-corrected chi connectivity index (χ3v) is 14.2. The molecule has 5 heterocycles. The first-order valence-electron chi connectivity index (χ1n) is 17.2. The Morgan fingerprint density at radius 2 is 1.67 bits per heavy atom. The Hall–Kier alpha value is -3.12. The number of fused-ring (bicyclic) bond motifs is 7. The fraction of sp³-hybridized carbons (Fsp3) is 0.771. The number of carbonyl (C=O) groups excluding carboxylic acids is 4. The van der Waals surface area contributed by atoms with E-state index in [1.807, 2.05) is 0 Å². The standard InChI is InChI=1S/C35H44O16/c1-8-15(2)24(38)49-18-12-19(48-16(3)36)31(26(39)43-6)13-46-21-22(31)29(18,4)25-32(23(21)37)14-47-34(25,27(40)44-7)51-30(5)17-11-20(35(30,32)42)50-28-33(17,41)9-10-45-28/h8-10,17-23,25,28,37,41-42H,11-14H2,1-7H3/b15-8+/t17-,18+,19-,20-,21-,22?,23+,25+,28+,29+,30+,31-,32+,33+,34-,35+/m1/s1. The summed E-state index contributed by atoms with van der Waals surface area (Å²) in [5.74, 6) is -9.30. The minimum Gasteiger partial charge on any atom is -0.469 e. The molecule has 16 nitrogen and oxygen atoms in total. The molecular weight excluding hydrogens is 676 g/mol. The summed E-state index contributed by atoms with van der Waals surface area (Å²) in [5, 5.41) is 38.5. The third kappa shape index (κ3) is 3.56. The maximum atomic E-state index is 14.4. The maximum Gasteiger partial charge on any atom is 0.366 e. The van der Waals surface area contributed by atoms with Gasteiger partial charge in [0.05, 0.1) is 57.4 Å². The van der Waals surface area contributed by atoms with E-state index in [1.165, 1.54) is 33.3 Å². The fourth-order valence-corrected chi connectivity index (χ4v) is 12.2. The van der Waals surface area contributed by atoms with Crippen LogP contribution in [0.2, 0.25) is 0 Å². The number of allylic oxidation sites excluding steroid dienone is 1. The molecule has 3 aliphatic carbocycles. The molecule has 4 bridgehead atoms. The average molecular weight is 721 g/mol. The normalized spacial score (nSPS) is 53.9. The van der Waals surface area contributed by atoms with Crippen molar-refractivity contribution < 1.29 is 77.1 Å². The van der Waals surface area contributed by atoms with Gasteiger partial charge >= 0.3 is 23.9 Å². The number of esters is 4. The number of carbonyl (C=O) groups is 4. The highest BCUT2D eigenvalue weighted by Crippen LogP contribution is 2.81. The molecule has 0 radical (unpaired) electrons. The topological polar surface area (TPSA) is 212 Å². The molecule has 3 saturated carbocycles. The van der Waals surface area contributed by atoms with E-state index in [0.717, 1.165) is 7.11 Å². The Morgan fingerprint density at radius 3 is 2.31 bits per heavy atom. The molecule has 5 aliphatic heterocycles. The van der Waals surface area contributed by atoms with Gasteiger partial charge in [-0.05, 0) is 33.3 Å². The van der Waals surface area contributed by atoms with Crippen molar-refractivity contribution in [2.45, 2.75) is 107 Å². The Labute approximate surface area is 293 Å². The quantitative estimate of drug-likeness (QED) is 0.191. The SMILES string of the molecule is C/C=C(\C)C(=O)O[C@H]1C[C@@H](OC(C)=O)[C@]2(C(=O)OC)CO[C@@H]3C2[C@@]1(C)[C@@H]1[C@@]2(C(=O)OC)OC[C@@]1([C@H]3O)[C@]1(O)[C@H]3C[C@@H]([C@@]4(O)C=CO[C@H]4O3)[C@]1(C)O2. The van der Waals surface area contributed by atoms with Crippen LogP contribution in [0.1, 0.15) is 47.5 Å². The zero-order valence-electron chi connectivity index (χ0n) is 29.4. The van der Waals surface area contributed by atoms with Gasteiger partial charge in [-0.3, -0.25) is 9.59 Å². The van der Waals surface area contributed by atoms with E-state index < -0.39 is 124 Å². The van der Waals surface area contributed by atoms with Gasteiger partial charge in [-0.25, -0.2) is 9.59 Å². The third-order valence-electron chi connectivity index (χ3n) is 14.2. The van der Waals surface area contributed by atoms with Crippen molar-refractivity contribution in [1.29, 1.82) is 0 Å². The van der Waals surface area contributed by atoms with Crippen molar-refractivity contribution in [1.82, 2.24) is 0 Å². The molecule has 0 aromatic carbocycles. The summed E-state index contributed by atoms with van der Waals surface area (Å²) >= 11 is 0. The van der Waals surface area contributed by atoms with E-state index in [4.69, 9.17) is 42.6 Å². The van der Waals surface area contributed by atoms with E-state index in [-0.39, 0.29) is 25.0 Å². The van der Waals surface area contributed by atoms with E-state index in [1.54, 1.807) is 26.8 Å². The van der Waals surface area contributed by atoms with E-state index in [2.05, 4.69) is 0 Å². The molecule has 4 saturated heterocycles. The van der Waals surface area contributed by atoms with Crippen LogP contribution in [-0.4, -0.2) is 126 Å². The Morgan fingerprint density at radius 1 is 0.961 bits per heavy atom. The minimum absolute atomic E-state index is 0.0251. The predicted molar refractivity (Wildman–Crippen MR) is 164 cm³/mol. The van der Waals surface area contributed by atoms with E-state index in [0.29, 0.717) is 0 Å². The lowest BCUT2D eigenvalue weighted by atomic mass is 9.35. The van der Waals surface area contributed by atoms with Crippen molar-refractivity contribution in [2.24, 2.45) is 34.0 Å². The van der Waals surface area contributed by atoms with Crippen molar-refractivity contribution in [3.63, 3.8) is 0 Å². The number of hydrogen-bond donors (Lipinski definition) is 3. The summed E-state index contributed by atoms with van der Waals surface area (Å²) in [6.45, 7) is 6.71. The lowest BCUT2D eigenvalue weighted by Crippen LogP contribution is -2.86. The van der Waals surface area contributed by atoms with Crippen LogP contribution in [0.5, 0.6) is 0 Å². The highest BCUT2D eigenvalue weighted by Gasteiger charge is 2.96. The molecule has 0 aromatic heterocycles. The lowest BCUT2D eigenvalue weighted by Gasteiger charge is -2.71. The van der Waals surface area contributed by atoms with Gasteiger partial charge in [-0.2, -0.15) is 0 Å². The number of ether oxygens (including phenoxy) is 9. The Kier molecular flexibility index (Phi) is 7.20. The molecule has 3 N–H and O–H groups in total. The second-order valence-corrected chi connectivity index (χ2v) is 15.8. The van der Waals surface area contributed by atoms with Gasteiger partial charge in [-0.15, -0.1) is 0 Å². The molecule has 1 unspecified atom stereocenters. The molecule has 0 spiro atoms. The van der Waals surface area contributed by atoms with Crippen LogP contribution in [0.15, 0.2) is 24.0 Å². The molecular formula is C35H44O16. The second-order valence-electron chi connectivity index (χ2n) is 15.8. The summed E-state index contributed by atoms with van der Waals surface area (Å²) in [7, 11) is 2.30. The number of aliphatic hydroxyl groups is 3. The number of aliphatic hydroxyl groups excluding tert-OH is 1. The summed E-state index contributed by atoms with van der Waals surface area (Å²) in [5.41, 5.74) is -11.0. The van der Waals surface area contributed by atoms with Gasteiger partial charge in [-0.1, -0.05) is 13.0 Å². The van der Waals surface area contributed by atoms with Gasteiger partial charge in [0, 0.05) is 42.1 Å². The van der Waals surface area contributed by atoms with Crippen LogP contribution in [0.25, 0.3) is 0 Å². The van der Waals surface area contributed by atoms with Crippen molar-refractivity contribution >= 4 is 23.9 Å². The van der Waals surface area contributed by atoms with Crippen molar-refractivity contribution in [3.05, 3.63) is 24.0 Å². The summed E-state index contributed by atoms with van der Waals surface area (Å²) < 4.78 is 54.5. The van der Waals surface area contributed by atoms with Gasteiger partial charge in [0.15, 0.2) is 5.60 Å². The van der Waals surface area contributed by atoms with Crippen LogP contribution in [0.3, 0.4) is 0 Å². The molecule has 16 atom stereocenters. The summed E-state index contributed by atoms with van der Waals surface area (Å²) in [6.07, 6.45) is -3.94. The van der Waals surface area contributed by atoms with Crippen LogP contribution in [0.4, 0.5) is 0 Å². The Balaban J connectivity index is 1.42. The van der Waals surface area contributed by atoms with Gasteiger partial charge in [0.2, 0.25) is 6.29 Å². The maximum absolute atomic E-state index is 14.4. The highest BCUT2D eigenvalue weighted by molar-refractivity contribution is 5.88. The fourth-order valence-electron chi connectivity index (χ4n) is 12.2. The average Bonchev–Trinajstić information content (AvgIpc) is 3.83. The van der Waals surface area contributed by atoms with Gasteiger partial charge < -0.3 is 58.0 Å². The number of hydrogen-bond acceptors (Lipinski definition) is 16. The summed E-state index contributed by atoms with van der Waals surface area (Å²) in [6, 6.07) is 0. The van der Waals surface area contributed by atoms with Crippen LogP contribution >= 0.6 is 0 Å². The van der Waals surface area contributed by atoms with Gasteiger partial charge in [0.25, 0.3) is 5.79 Å². The molecule has 8 aliphatic rings. The van der Waals surface area contributed by atoms with Crippen LogP contribution in [-0.2, 0) is 61.8 Å². The molecule has 7 fully saturated rings. The summed E-state index contributed by atoms with van der Waals surface area (Å²) in [4.78, 5) is 54.8. The molecule has 8 rings (SSSR count). The van der Waals surface area contributed by atoms with E-state index in [9.17, 15) is 34.5 Å². The van der Waals surface area contributed by atoms with Gasteiger partial charge in [0.1, 0.15) is 28.8 Å². The second kappa shape index (κ2) is 10.5. The smallest absolute Gasteiger partial charge is 0.366 e. The molecule has 0 aromatic rings. The van der Waals surface area contributed by atoms with Crippen molar-refractivity contribution in [3.8, 4) is 0 Å². The highest BCUT2D eigenvalue weighted by atomic mass is 16.8. The first-order valence-corrected chi connectivity index (χ1v) is 17.2.